The first-order chi connectivity index (χ1) is 4.45. The average Bonchev–Trinajstić information content (AvgIpc) is 1.59. The lowest BCUT2D eigenvalue weighted by molar-refractivity contribution is -0.132. The van der Waals surface area contributed by atoms with Crippen LogP contribution in [0, 0.1) is 0 Å². The Labute approximate surface area is 67.5 Å². The van der Waals surface area contributed by atoms with E-state index in [2.05, 4.69) is 0 Å². The second-order valence-electron chi connectivity index (χ2n) is 3.02. The fourth-order valence-corrected chi connectivity index (χ4v) is 1.64. The van der Waals surface area contributed by atoms with E-state index in [0.29, 0.717) is 5.75 Å². The van der Waals surface area contributed by atoms with Crippen LogP contribution in [0.2, 0.25) is 19.6 Å². The highest BCUT2D eigenvalue weighted by molar-refractivity contribution is 7.99. The van der Waals surface area contributed by atoms with Crippen molar-refractivity contribution >= 4 is 26.0 Å². The van der Waals surface area contributed by atoms with E-state index < -0.39 is 8.32 Å². The number of hydrogen-bond donors (Lipinski definition) is 0. The summed E-state index contributed by atoms with van der Waals surface area (Å²) in [6.45, 7) is 6.02. The highest BCUT2D eigenvalue weighted by Gasteiger charge is 2.18. The molecule has 0 amide bonds. The molecule has 0 heterocycles. The molecular weight excluding hydrogens is 164 g/mol. The van der Waals surface area contributed by atoms with Gasteiger partial charge in [-0.2, -0.15) is 11.8 Å². The molecule has 0 radical (unpaired) electrons. The number of carbonyl (C=O) groups excluding carboxylic acids is 1. The summed E-state index contributed by atoms with van der Waals surface area (Å²) in [4.78, 5) is 10.9. The van der Waals surface area contributed by atoms with Gasteiger partial charge in [0.1, 0.15) is 0 Å². The van der Waals surface area contributed by atoms with Gasteiger partial charge in [-0.1, -0.05) is 0 Å². The van der Waals surface area contributed by atoms with Gasteiger partial charge in [-0.3, -0.25) is 4.79 Å². The summed E-state index contributed by atoms with van der Waals surface area (Å²) in [5, 5.41) is 0. The molecule has 0 atom stereocenters. The summed E-state index contributed by atoms with van der Waals surface area (Å²) >= 11 is 1.50. The third kappa shape index (κ3) is 6.16. The number of thioether (sulfide) groups is 1. The molecule has 0 aromatic heterocycles. The first-order valence-corrected chi connectivity index (χ1v) is 7.96. The molecule has 60 valence electrons. The molecule has 0 N–H and O–H groups in total. The van der Waals surface area contributed by atoms with Gasteiger partial charge < -0.3 is 4.43 Å². The molecule has 0 aromatic carbocycles. The van der Waals surface area contributed by atoms with Gasteiger partial charge in [0.15, 0.2) is 0 Å². The van der Waals surface area contributed by atoms with Crippen LogP contribution in [0.1, 0.15) is 0 Å². The van der Waals surface area contributed by atoms with Crippen molar-refractivity contribution in [3.63, 3.8) is 0 Å². The Morgan fingerprint density at radius 3 is 2.30 bits per heavy atom. The Hall–Kier alpha value is 0.0369. The van der Waals surface area contributed by atoms with Crippen LogP contribution in [-0.2, 0) is 9.22 Å². The smallest absolute Gasteiger partial charge is 0.302 e. The summed E-state index contributed by atoms with van der Waals surface area (Å²) in [5.74, 6) is 0.399. The van der Waals surface area contributed by atoms with Gasteiger partial charge in [-0.05, 0) is 25.9 Å². The molecular formula is C6H14O2SSi. The van der Waals surface area contributed by atoms with Crippen molar-refractivity contribution in [1.82, 2.24) is 0 Å². The predicted octanol–water partition coefficient (Wildman–Crippen LogP) is 1.73. The molecule has 0 aliphatic rings. The lowest BCUT2D eigenvalue weighted by atomic mass is 10.8. The lowest BCUT2D eigenvalue weighted by Crippen LogP contribution is -2.29. The summed E-state index contributed by atoms with van der Waals surface area (Å²) in [7, 11) is -1.62. The maximum absolute atomic E-state index is 10.9. The molecule has 10 heavy (non-hydrogen) atoms. The van der Waals surface area contributed by atoms with Crippen molar-refractivity contribution < 1.29 is 9.22 Å². The van der Waals surface area contributed by atoms with E-state index in [-0.39, 0.29) is 5.97 Å². The molecule has 0 saturated carbocycles. The zero-order valence-corrected chi connectivity index (χ0v) is 8.75. The van der Waals surface area contributed by atoms with E-state index in [4.69, 9.17) is 4.43 Å². The minimum Gasteiger partial charge on any atom is -0.519 e. The quantitative estimate of drug-likeness (QED) is 0.616. The van der Waals surface area contributed by atoms with Crippen LogP contribution in [0.4, 0.5) is 0 Å². The molecule has 0 saturated heterocycles. The van der Waals surface area contributed by atoms with Crippen LogP contribution in [0.5, 0.6) is 0 Å². The van der Waals surface area contributed by atoms with Gasteiger partial charge in [0.25, 0.3) is 0 Å². The zero-order valence-electron chi connectivity index (χ0n) is 6.93. The van der Waals surface area contributed by atoms with Crippen LogP contribution in [0.3, 0.4) is 0 Å². The highest BCUT2D eigenvalue weighted by atomic mass is 32.2. The molecule has 0 unspecified atom stereocenters. The Bertz CT molecular complexity index is 119. The van der Waals surface area contributed by atoms with Crippen molar-refractivity contribution in [1.29, 1.82) is 0 Å². The summed E-state index contributed by atoms with van der Waals surface area (Å²) in [6.07, 6.45) is 1.89. The number of hydrogen-bond acceptors (Lipinski definition) is 3. The number of carbonyl (C=O) groups is 1. The van der Waals surface area contributed by atoms with Crippen molar-refractivity contribution in [3.05, 3.63) is 0 Å². The first-order valence-electron chi connectivity index (χ1n) is 3.16. The van der Waals surface area contributed by atoms with E-state index in [1.165, 1.54) is 11.8 Å². The van der Waals surface area contributed by atoms with Gasteiger partial charge in [0, 0.05) is 0 Å². The Kier molecular flexibility index (Phi) is 4.04. The third-order valence-electron chi connectivity index (χ3n) is 0.682. The van der Waals surface area contributed by atoms with Gasteiger partial charge in [0.2, 0.25) is 8.32 Å². The number of rotatable bonds is 3. The summed E-state index contributed by atoms with van der Waals surface area (Å²) in [5.41, 5.74) is 0. The molecule has 0 aliphatic heterocycles. The van der Waals surface area contributed by atoms with Gasteiger partial charge in [0.05, 0.1) is 5.75 Å². The van der Waals surface area contributed by atoms with Crippen LogP contribution in [0.15, 0.2) is 0 Å². The fraction of sp³-hybridized carbons (Fsp3) is 0.833. The summed E-state index contributed by atoms with van der Waals surface area (Å²) < 4.78 is 5.16. The van der Waals surface area contributed by atoms with Crippen molar-refractivity contribution in [2.24, 2.45) is 0 Å². The molecule has 0 bridgehead atoms. The lowest BCUT2D eigenvalue weighted by Gasteiger charge is -2.16. The molecule has 0 aliphatic carbocycles. The van der Waals surface area contributed by atoms with Crippen molar-refractivity contribution in [2.45, 2.75) is 19.6 Å². The molecule has 0 rings (SSSR count). The Morgan fingerprint density at radius 2 is 2.00 bits per heavy atom. The minimum absolute atomic E-state index is 0.0772. The topological polar surface area (TPSA) is 26.3 Å². The first kappa shape index (κ1) is 10.0. The Balaban J connectivity index is 3.58. The van der Waals surface area contributed by atoms with Crippen LogP contribution in [0.25, 0.3) is 0 Å². The third-order valence-corrected chi connectivity index (χ3v) is 2.05. The molecule has 0 spiro atoms. The largest absolute Gasteiger partial charge is 0.519 e. The van der Waals surface area contributed by atoms with E-state index in [0.717, 1.165) is 0 Å². The highest BCUT2D eigenvalue weighted by Crippen LogP contribution is 2.04. The van der Waals surface area contributed by atoms with Crippen LogP contribution < -0.4 is 0 Å². The van der Waals surface area contributed by atoms with E-state index >= 15 is 0 Å². The van der Waals surface area contributed by atoms with Crippen molar-refractivity contribution in [2.75, 3.05) is 12.0 Å². The fourth-order valence-electron chi connectivity index (χ4n) is 0.489. The standard InChI is InChI=1S/C6H14O2SSi/c1-9-5-6(7)8-10(2,3)4/h5H2,1-4H3. The van der Waals surface area contributed by atoms with Gasteiger partial charge in [-0.15, -0.1) is 0 Å². The predicted molar refractivity (Wildman–Crippen MR) is 47.8 cm³/mol. The normalized spacial score (nSPS) is 11.2. The maximum Gasteiger partial charge on any atom is 0.302 e. The Morgan fingerprint density at radius 1 is 1.50 bits per heavy atom. The molecule has 4 heteroatoms. The minimum atomic E-state index is -1.62. The monoisotopic (exact) mass is 178 g/mol. The van der Waals surface area contributed by atoms with Gasteiger partial charge in [-0.25, -0.2) is 0 Å². The van der Waals surface area contributed by atoms with Crippen molar-refractivity contribution in [3.8, 4) is 0 Å². The van der Waals surface area contributed by atoms with Crippen LogP contribution in [-0.4, -0.2) is 26.3 Å². The second kappa shape index (κ2) is 4.03. The summed E-state index contributed by atoms with van der Waals surface area (Å²) in [6, 6.07) is 0. The molecule has 2 nitrogen and oxygen atoms in total. The molecule has 0 fully saturated rings. The molecule has 0 aromatic rings. The SMILES string of the molecule is CSCC(=O)O[Si](C)(C)C. The van der Waals surface area contributed by atoms with E-state index in [1.807, 2.05) is 25.9 Å². The zero-order chi connectivity index (χ0) is 8.20. The van der Waals surface area contributed by atoms with Gasteiger partial charge >= 0.3 is 5.97 Å². The average molecular weight is 178 g/mol. The maximum atomic E-state index is 10.9. The van der Waals surface area contributed by atoms with Crippen LogP contribution >= 0.6 is 11.8 Å². The second-order valence-corrected chi connectivity index (χ2v) is 8.31. The van der Waals surface area contributed by atoms with E-state index in [9.17, 15) is 4.79 Å². The van der Waals surface area contributed by atoms with E-state index in [1.54, 1.807) is 0 Å².